The normalized spacial score (nSPS) is 31.9. The van der Waals surface area contributed by atoms with Crippen LogP contribution in [0.2, 0.25) is 0 Å². The predicted molar refractivity (Wildman–Crippen MR) is 89.2 cm³/mol. The second-order valence-electron chi connectivity index (χ2n) is 6.69. The fourth-order valence-corrected chi connectivity index (χ4v) is 3.97. The van der Waals surface area contributed by atoms with E-state index in [0.717, 1.165) is 25.9 Å². The lowest BCUT2D eigenvalue weighted by atomic mass is 9.87. The molecule has 3 heterocycles. The summed E-state index contributed by atoms with van der Waals surface area (Å²) in [7, 11) is 1.93. The quantitative estimate of drug-likeness (QED) is 0.903. The summed E-state index contributed by atoms with van der Waals surface area (Å²) in [5.41, 5.74) is 1.18. The molecular formula is C16H27ClN4O. The highest BCUT2D eigenvalue weighted by molar-refractivity contribution is 5.85. The first-order valence-corrected chi connectivity index (χ1v) is 8.09. The summed E-state index contributed by atoms with van der Waals surface area (Å²) in [5, 5.41) is 7.66. The van der Waals surface area contributed by atoms with Gasteiger partial charge in [0.05, 0.1) is 12.1 Å². The standard InChI is InChI=1S/C16H26N4O.ClH/c1-11-5-4-6-12(2)20(11)16(21)15-9-17-8-14(15)13-7-18-19(3)10-13;/h7,10-12,14-15,17H,4-6,8-9H2,1-3H3;1H/t11?,12?,14-,15+;/m1./s1. The van der Waals surface area contributed by atoms with Crippen molar-refractivity contribution in [2.24, 2.45) is 13.0 Å². The molecule has 2 saturated heterocycles. The molecule has 0 radical (unpaired) electrons. The van der Waals surface area contributed by atoms with Gasteiger partial charge in [0.2, 0.25) is 5.91 Å². The van der Waals surface area contributed by atoms with Crippen LogP contribution in [0.25, 0.3) is 0 Å². The second kappa shape index (κ2) is 7.01. The van der Waals surface area contributed by atoms with Gasteiger partial charge >= 0.3 is 0 Å². The number of carbonyl (C=O) groups is 1. The number of hydrogen-bond acceptors (Lipinski definition) is 3. The largest absolute Gasteiger partial charge is 0.337 e. The number of aryl methyl sites for hydroxylation is 1. The lowest BCUT2D eigenvalue weighted by Gasteiger charge is -2.41. The molecule has 3 rings (SSSR count). The van der Waals surface area contributed by atoms with Crippen LogP contribution in [0.5, 0.6) is 0 Å². The molecule has 2 aliphatic heterocycles. The molecule has 5 nitrogen and oxygen atoms in total. The molecule has 1 N–H and O–H groups in total. The summed E-state index contributed by atoms with van der Waals surface area (Å²) >= 11 is 0. The van der Waals surface area contributed by atoms with Crippen molar-refractivity contribution in [2.75, 3.05) is 13.1 Å². The SMILES string of the molecule is CC1CCCC(C)N1C(=O)[C@H]1CNC[C@@H]1c1cnn(C)c1.Cl. The number of amides is 1. The van der Waals surface area contributed by atoms with Gasteiger partial charge in [-0.1, -0.05) is 0 Å². The molecule has 2 unspecified atom stereocenters. The molecule has 124 valence electrons. The van der Waals surface area contributed by atoms with E-state index in [1.54, 1.807) is 0 Å². The molecule has 6 heteroatoms. The first-order chi connectivity index (χ1) is 10.1. The predicted octanol–water partition coefficient (Wildman–Crippen LogP) is 1.93. The number of rotatable bonds is 2. The van der Waals surface area contributed by atoms with Gasteiger partial charge in [-0.2, -0.15) is 5.10 Å². The molecule has 0 spiro atoms. The molecule has 1 aromatic rings. The molecule has 1 aromatic heterocycles. The van der Waals surface area contributed by atoms with Crippen molar-refractivity contribution in [1.29, 1.82) is 0 Å². The number of piperidine rings is 1. The Morgan fingerprint density at radius 2 is 1.95 bits per heavy atom. The first kappa shape index (κ1) is 17.3. The summed E-state index contributed by atoms with van der Waals surface area (Å²) in [5.74, 6) is 0.637. The smallest absolute Gasteiger partial charge is 0.228 e. The minimum absolute atomic E-state index is 0. The van der Waals surface area contributed by atoms with Crippen LogP contribution >= 0.6 is 12.4 Å². The van der Waals surface area contributed by atoms with Crippen LogP contribution in [0, 0.1) is 5.92 Å². The second-order valence-corrected chi connectivity index (χ2v) is 6.69. The van der Waals surface area contributed by atoms with E-state index in [4.69, 9.17) is 0 Å². The van der Waals surface area contributed by atoms with Gasteiger partial charge < -0.3 is 10.2 Å². The Balaban J connectivity index is 0.00000176. The van der Waals surface area contributed by atoms with E-state index >= 15 is 0 Å². The van der Waals surface area contributed by atoms with Crippen LogP contribution in [0.1, 0.15) is 44.6 Å². The van der Waals surface area contributed by atoms with Crippen LogP contribution in [-0.4, -0.2) is 45.8 Å². The molecule has 0 bridgehead atoms. The van der Waals surface area contributed by atoms with E-state index in [1.165, 1.54) is 12.0 Å². The third-order valence-electron chi connectivity index (χ3n) is 5.13. The van der Waals surface area contributed by atoms with Crippen LogP contribution < -0.4 is 5.32 Å². The van der Waals surface area contributed by atoms with E-state index in [0.29, 0.717) is 18.0 Å². The first-order valence-electron chi connectivity index (χ1n) is 8.09. The molecule has 1 amide bonds. The minimum atomic E-state index is 0. The Kier molecular flexibility index (Phi) is 5.50. The van der Waals surface area contributed by atoms with Gasteiger partial charge in [-0.15, -0.1) is 12.4 Å². The third-order valence-corrected chi connectivity index (χ3v) is 5.13. The van der Waals surface area contributed by atoms with E-state index in [9.17, 15) is 4.79 Å². The molecule has 4 atom stereocenters. The minimum Gasteiger partial charge on any atom is -0.337 e. The van der Waals surface area contributed by atoms with Gasteiger partial charge in [-0.3, -0.25) is 9.48 Å². The van der Waals surface area contributed by atoms with Crippen molar-refractivity contribution < 1.29 is 4.79 Å². The van der Waals surface area contributed by atoms with Crippen LogP contribution in [0.4, 0.5) is 0 Å². The van der Waals surface area contributed by atoms with E-state index < -0.39 is 0 Å². The number of nitrogens with one attached hydrogen (secondary N) is 1. The Labute approximate surface area is 138 Å². The average Bonchev–Trinajstić information content (AvgIpc) is 3.06. The van der Waals surface area contributed by atoms with E-state index in [2.05, 4.69) is 29.2 Å². The van der Waals surface area contributed by atoms with Crippen molar-refractivity contribution in [1.82, 2.24) is 20.0 Å². The summed E-state index contributed by atoms with van der Waals surface area (Å²) < 4.78 is 1.82. The lowest BCUT2D eigenvalue weighted by molar-refractivity contribution is -0.141. The lowest BCUT2D eigenvalue weighted by Crippen LogP contribution is -2.50. The molecular weight excluding hydrogens is 300 g/mol. The number of halogens is 1. The molecule has 22 heavy (non-hydrogen) atoms. The maximum Gasteiger partial charge on any atom is 0.228 e. The summed E-state index contributed by atoms with van der Waals surface area (Å²) in [6, 6.07) is 0.743. The Bertz CT molecular complexity index is 508. The van der Waals surface area contributed by atoms with E-state index in [-0.39, 0.29) is 24.2 Å². The summed E-state index contributed by atoms with van der Waals surface area (Å²) in [4.78, 5) is 15.2. The molecule has 2 fully saturated rings. The number of hydrogen-bond donors (Lipinski definition) is 1. The third kappa shape index (κ3) is 3.15. The van der Waals surface area contributed by atoms with E-state index in [1.807, 2.05) is 24.1 Å². The van der Waals surface area contributed by atoms with Crippen molar-refractivity contribution in [2.45, 2.75) is 51.1 Å². The fourth-order valence-electron chi connectivity index (χ4n) is 3.97. The van der Waals surface area contributed by atoms with Crippen LogP contribution in [0.15, 0.2) is 12.4 Å². The Morgan fingerprint density at radius 3 is 2.55 bits per heavy atom. The van der Waals surface area contributed by atoms with Gasteiger partial charge in [-0.05, 0) is 38.7 Å². The van der Waals surface area contributed by atoms with Gasteiger partial charge in [0, 0.05) is 44.3 Å². The molecule has 0 saturated carbocycles. The zero-order valence-corrected chi connectivity index (χ0v) is 14.5. The van der Waals surface area contributed by atoms with Crippen molar-refractivity contribution in [3.63, 3.8) is 0 Å². The van der Waals surface area contributed by atoms with Crippen molar-refractivity contribution >= 4 is 18.3 Å². The highest BCUT2D eigenvalue weighted by atomic mass is 35.5. The topological polar surface area (TPSA) is 50.2 Å². The van der Waals surface area contributed by atoms with Crippen LogP contribution in [0.3, 0.4) is 0 Å². The highest BCUT2D eigenvalue weighted by Crippen LogP contribution is 2.32. The average molecular weight is 327 g/mol. The number of nitrogens with zero attached hydrogens (tertiary/aromatic N) is 3. The zero-order valence-electron chi connectivity index (χ0n) is 13.7. The molecule has 0 aromatic carbocycles. The Hall–Kier alpha value is -1.07. The highest BCUT2D eigenvalue weighted by Gasteiger charge is 2.40. The Morgan fingerprint density at radius 1 is 1.27 bits per heavy atom. The number of aromatic nitrogens is 2. The monoisotopic (exact) mass is 326 g/mol. The van der Waals surface area contributed by atoms with Gasteiger partial charge in [0.25, 0.3) is 0 Å². The number of carbonyl (C=O) groups excluding carboxylic acids is 1. The maximum absolute atomic E-state index is 13.1. The van der Waals surface area contributed by atoms with Crippen LogP contribution in [-0.2, 0) is 11.8 Å². The summed E-state index contributed by atoms with van der Waals surface area (Å²) in [6.45, 7) is 6.04. The van der Waals surface area contributed by atoms with Gasteiger partial charge in [0.1, 0.15) is 0 Å². The van der Waals surface area contributed by atoms with Gasteiger partial charge in [0.15, 0.2) is 0 Å². The summed E-state index contributed by atoms with van der Waals surface area (Å²) in [6.07, 6.45) is 7.45. The molecule has 2 aliphatic rings. The van der Waals surface area contributed by atoms with Gasteiger partial charge in [-0.25, -0.2) is 0 Å². The van der Waals surface area contributed by atoms with Crippen molar-refractivity contribution in [3.05, 3.63) is 18.0 Å². The number of likely N-dealkylation sites (tertiary alicyclic amines) is 1. The fraction of sp³-hybridized carbons (Fsp3) is 0.750. The van der Waals surface area contributed by atoms with Crippen molar-refractivity contribution in [3.8, 4) is 0 Å². The zero-order chi connectivity index (χ0) is 15.0. The molecule has 0 aliphatic carbocycles. The maximum atomic E-state index is 13.1.